The molecule has 0 spiro atoms. The monoisotopic (exact) mass is 381 g/mol. The maximum atomic E-state index is 12.5. The minimum absolute atomic E-state index is 0.292. The molecule has 0 saturated carbocycles. The van der Waals surface area contributed by atoms with Crippen molar-refractivity contribution < 1.29 is 9.53 Å². The molecule has 3 aromatic heterocycles. The van der Waals surface area contributed by atoms with Crippen LogP contribution in [0.4, 0.5) is 0 Å². The van der Waals surface area contributed by atoms with Crippen LogP contribution in [0.2, 0.25) is 0 Å². The lowest BCUT2D eigenvalue weighted by Gasteiger charge is -2.09. The number of pyridine rings is 2. The Morgan fingerprint density at radius 2 is 1.76 bits per heavy atom. The Balaban J connectivity index is 1.87. The summed E-state index contributed by atoms with van der Waals surface area (Å²) in [5.74, 6) is -0.427. The maximum Gasteiger partial charge on any atom is 0.356 e. The van der Waals surface area contributed by atoms with Crippen LogP contribution in [0.3, 0.4) is 0 Å². The van der Waals surface area contributed by atoms with Crippen LogP contribution in [0.15, 0.2) is 66.7 Å². The zero-order valence-electron chi connectivity index (χ0n) is 16.2. The average Bonchev–Trinajstić information content (AvgIpc) is 3.05. The number of rotatable bonds is 3. The van der Waals surface area contributed by atoms with Crippen LogP contribution in [0.5, 0.6) is 0 Å². The van der Waals surface area contributed by atoms with E-state index in [1.165, 1.54) is 0 Å². The van der Waals surface area contributed by atoms with Gasteiger partial charge in [-0.05, 0) is 31.2 Å². The fraction of sp³-hybridized carbons (Fsp3) is 0.125. The summed E-state index contributed by atoms with van der Waals surface area (Å²) in [4.78, 5) is 22.0. The summed E-state index contributed by atoms with van der Waals surface area (Å²) in [7, 11) is 2.01. The number of ether oxygens (including phenoxy) is 1. The number of carbonyl (C=O) groups excluding carboxylic acids is 1. The third-order valence-corrected chi connectivity index (χ3v) is 5.21. The van der Waals surface area contributed by atoms with Crippen molar-refractivity contribution in [2.24, 2.45) is 7.05 Å². The highest BCUT2D eigenvalue weighted by molar-refractivity contribution is 6.13. The second kappa shape index (κ2) is 6.71. The molecule has 5 nitrogen and oxygen atoms in total. The summed E-state index contributed by atoms with van der Waals surface area (Å²) in [5, 5.41) is 3.09. The Kier molecular flexibility index (Phi) is 4.02. The first-order chi connectivity index (χ1) is 14.2. The number of hydrogen-bond acceptors (Lipinski definition) is 4. The molecule has 0 aliphatic heterocycles. The number of hydrogen-bond donors (Lipinski definition) is 0. The molecule has 3 heterocycles. The average molecular weight is 381 g/mol. The van der Waals surface area contributed by atoms with Crippen LogP contribution in [-0.2, 0) is 11.8 Å². The highest BCUT2D eigenvalue weighted by Crippen LogP contribution is 2.34. The predicted molar refractivity (Wildman–Crippen MR) is 115 cm³/mol. The standard InChI is InChI=1S/C24H19N3O2/c1-3-29-24(28)20-14-17-16-9-5-7-11-21(16)27(2)23(17)22(26-20)19-13-12-15-8-4-6-10-18(15)25-19/h4-14H,3H2,1-2H3. The van der Waals surface area contributed by atoms with Gasteiger partial charge in [0.1, 0.15) is 11.4 Å². The molecule has 2 aromatic carbocycles. The zero-order chi connectivity index (χ0) is 20.0. The second-order valence-electron chi connectivity index (χ2n) is 6.94. The van der Waals surface area contributed by atoms with E-state index in [9.17, 15) is 4.79 Å². The highest BCUT2D eigenvalue weighted by Gasteiger charge is 2.20. The molecule has 0 aliphatic rings. The van der Waals surface area contributed by atoms with Gasteiger partial charge in [-0.25, -0.2) is 14.8 Å². The van der Waals surface area contributed by atoms with Gasteiger partial charge in [0.2, 0.25) is 0 Å². The van der Waals surface area contributed by atoms with Crippen molar-refractivity contribution >= 4 is 38.7 Å². The SMILES string of the molecule is CCOC(=O)c1cc2c3ccccc3n(C)c2c(-c2ccc3ccccc3n2)n1. The Morgan fingerprint density at radius 1 is 0.966 bits per heavy atom. The molecule has 5 heteroatoms. The first kappa shape index (κ1) is 17.4. The third kappa shape index (κ3) is 2.74. The molecule has 0 fully saturated rings. The van der Waals surface area contributed by atoms with Gasteiger partial charge < -0.3 is 9.30 Å². The molecule has 0 unspecified atom stereocenters. The smallest absolute Gasteiger partial charge is 0.356 e. The van der Waals surface area contributed by atoms with Crippen LogP contribution >= 0.6 is 0 Å². The lowest BCUT2D eigenvalue weighted by atomic mass is 10.1. The van der Waals surface area contributed by atoms with Crippen molar-refractivity contribution in [2.75, 3.05) is 6.61 Å². The van der Waals surface area contributed by atoms with E-state index >= 15 is 0 Å². The quantitative estimate of drug-likeness (QED) is 0.407. The number of fused-ring (bicyclic) bond motifs is 4. The van der Waals surface area contributed by atoms with Gasteiger partial charge in [-0.15, -0.1) is 0 Å². The van der Waals surface area contributed by atoms with E-state index in [1.54, 1.807) is 6.92 Å². The highest BCUT2D eigenvalue weighted by atomic mass is 16.5. The van der Waals surface area contributed by atoms with Gasteiger partial charge in [-0.1, -0.05) is 42.5 Å². The minimum atomic E-state index is -0.427. The predicted octanol–water partition coefficient (Wildman–Crippen LogP) is 5.12. The van der Waals surface area contributed by atoms with E-state index in [2.05, 4.69) is 16.7 Å². The van der Waals surface area contributed by atoms with Crippen molar-refractivity contribution in [3.8, 4) is 11.4 Å². The van der Waals surface area contributed by atoms with Gasteiger partial charge in [0, 0.05) is 28.7 Å². The topological polar surface area (TPSA) is 57.0 Å². The van der Waals surface area contributed by atoms with Gasteiger partial charge in [-0.3, -0.25) is 0 Å². The molecule has 0 atom stereocenters. The molecular weight excluding hydrogens is 362 g/mol. The fourth-order valence-corrected chi connectivity index (χ4v) is 3.88. The molecule has 0 aliphatic carbocycles. The molecule has 142 valence electrons. The number of carbonyl (C=O) groups is 1. The van der Waals surface area contributed by atoms with E-state index in [0.29, 0.717) is 18.0 Å². The molecule has 0 bridgehead atoms. The van der Waals surface area contributed by atoms with E-state index in [4.69, 9.17) is 14.7 Å². The van der Waals surface area contributed by atoms with E-state index in [-0.39, 0.29) is 0 Å². The number of aromatic nitrogens is 3. The first-order valence-electron chi connectivity index (χ1n) is 9.59. The van der Waals surface area contributed by atoms with Gasteiger partial charge in [0.15, 0.2) is 0 Å². The van der Waals surface area contributed by atoms with E-state index in [1.807, 2.05) is 61.6 Å². The van der Waals surface area contributed by atoms with E-state index < -0.39 is 5.97 Å². The molecule has 0 amide bonds. The zero-order valence-corrected chi connectivity index (χ0v) is 16.2. The van der Waals surface area contributed by atoms with E-state index in [0.717, 1.165) is 38.4 Å². The molecule has 5 aromatic rings. The van der Waals surface area contributed by atoms with Gasteiger partial charge in [-0.2, -0.15) is 0 Å². The minimum Gasteiger partial charge on any atom is -0.461 e. The fourth-order valence-electron chi connectivity index (χ4n) is 3.88. The van der Waals surface area contributed by atoms with Crippen LogP contribution in [0, 0.1) is 0 Å². The van der Waals surface area contributed by atoms with Crippen molar-refractivity contribution in [3.63, 3.8) is 0 Å². The number of para-hydroxylation sites is 2. The third-order valence-electron chi connectivity index (χ3n) is 5.21. The van der Waals surface area contributed by atoms with Crippen molar-refractivity contribution in [1.29, 1.82) is 0 Å². The molecule has 0 saturated heterocycles. The summed E-state index contributed by atoms with van der Waals surface area (Å²) in [6.45, 7) is 2.10. The Labute approximate surface area is 167 Å². The van der Waals surface area contributed by atoms with Crippen molar-refractivity contribution in [3.05, 3.63) is 72.4 Å². The van der Waals surface area contributed by atoms with Gasteiger partial charge >= 0.3 is 5.97 Å². The Bertz CT molecular complexity index is 1400. The normalized spacial score (nSPS) is 11.4. The summed E-state index contributed by atoms with van der Waals surface area (Å²) >= 11 is 0. The summed E-state index contributed by atoms with van der Waals surface area (Å²) in [5.41, 5.74) is 4.61. The lowest BCUT2D eigenvalue weighted by molar-refractivity contribution is 0.0520. The molecule has 0 radical (unpaired) electrons. The summed E-state index contributed by atoms with van der Waals surface area (Å²) < 4.78 is 7.34. The first-order valence-corrected chi connectivity index (χ1v) is 9.59. The van der Waals surface area contributed by atoms with Crippen LogP contribution in [-0.4, -0.2) is 27.1 Å². The molecular formula is C24H19N3O2. The number of nitrogens with zero attached hydrogens (tertiary/aromatic N) is 3. The van der Waals surface area contributed by atoms with Crippen molar-refractivity contribution in [1.82, 2.24) is 14.5 Å². The van der Waals surface area contributed by atoms with Gasteiger partial charge in [0.05, 0.1) is 23.3 Å². The second-order valence-corrected chi connectivity index (χ2v) is 6.94. The number of aryl methyl sites for hydroxylation is 1. The van der Waals surface area contributed by atoms with Crippen LogP contribution in [0.1, 0.15) is 17.4 Å². The Hall–Kier alpha value is -3.73. The molecule has 5 rings (SSSR count). The molecule has 29 heavy (non-hydrogen) atoms. The summed E-state index contributed by atoms with van der Waals surface area (Å²) in [6.07, 6.45) is 0. The molecule has 0 N–H and O–H groups in total. The van der Waals surface area contributed by atoms with Crippen LogP contribution in [0.25, 0.3) is 44.1 Å². The largest absolute Gasteiger partial charge is 0.461 e. The summed E-state index contributed by atoms with van der Waals surface area (Å²) in [6, 6.07) is 21.9. The van der Waals surface area contributed by atoms with Crippen molar-refractivity contribution in [2.45, 2.75) is 6.92 Å². The lowest BCUT2D eigenvalue weighted by Crippen LogP contribution is -2.08. The van der Waals surface area contributed by atoms with Gasteiger partial charge in [0.25, 0.3) is 0 Å². The maximum absolute atomic E-state index is 12.5. The number of esters is 1. The van der Waals surface area contributed by atoms with Crippen LogP contribution < -0.4 is 0 Å². The Morgan fingerprint density at radius 3 is 2.62 bits per heavy atom. The number of benzene rings is 2.